The van der Waals surface area contributed by atoms with Gasteiger partial charge in [0.05, 0.1) is 4.90 Å². The van der Waals surface area contributed by atoms with Gasteiger partial charge in [-0.1, -0.05) is 42.6 Å². The molecule has 1 amide bonds. The molecule has 0 atom stereocenters. The Bertz CT molecular complexity index is 893. The van der Waals surface area contributed by atoms with Crippen LogP contribution in [0, 0.1) is 0 Å². The van der Waals surface area contributed by atoms with Gasteiger partial charge in [-0.2, -0.15) is 0 Å². The van der Waals surface area contributed by atoms with Crippen LogP contribution in [-0.2, 0) is 16.6 Å². The van der Waals surface area contributed by atoms with Gasteiger partial charge in [-0.05, 0) is 48.7 Å². The molecule has 0 saturated heterocycles. The number of sulfonamides is 1. The molecular formula is C19H21ClN2O3S. The van der Waals surface area contributed by atoms with Crippen molar-refractivity contribution in [2.45, 2.75) is 43.2 Å². The average Bonchev–Trinajstić information content (AvgIpc) is 3.12. The van der Waals surface area contributed by atoms with E-state index in [0.29, 0.717) is 17.1 Å². The second-order valence-corrected chi connectivity index (χ2v) is 8.59. The maximum atomic E-state index is 12.5. The molecule has 1 aliphatic carbocycles. The summed E-state index contributed by atoms with van der Waals surface area (Å²) in [7, 11) is -3.62. The van der Waals surface area contributed by atoms with E-state index in [0.717, 1.165) is 31.2 Å². The highest BCUT2D eigenvalue weighted by Crippen LogP contribution is 2.21. The van der Waals surface area contributed by atoms with Gasteiger partial charge in [0.15, 0.2) is 0 Å². The topological polar surface area (TPSA) is 75.3 Å². The molecule has 2 aromatic carbocycles. The summed E-state index contributed by atoms with van der Waals surface area (Å²) in [5.74, 6) is -0.331. The van der Waals surface area contributed by atoms with Crippen molar-refractivity contribution in [1.82, 2.24) is 10.0 Å². The van der Waals surface area contributed by atoms with Crippen molar-refractivity contribution in [1.29, 1.82) is 0 Å². The average molecular weight is 393 g/mol. The minimum absolute atomic E-state index is 0.0136. The first kappa shape index (κ1) is 18.9. The first-order valence-corrected chi connectivity index (χ1v) is 10.5. The van der Waals surface area contributed by atoms with Gasteiger partial charge in [0.25, 0.3) is 5.91 Å². The van der Waals surface area contributed by atoms with E-state index in [1.807, 2.05) is 12.1 Å². The molecule has 1 fully saturated rings. The predicted molar refractivity (Wildman–Crippen MR) is 102 cm³/mol. The van der Waals surface area contributed by atoms with Gasteiger partial charge in [-0.25, -0.2) is 13.1 Å². The minimum Gasteiger partial charge on any atom is -0.348 e. The Labute approximate surface area is 158 Å². The van der Waals surface area contributed by atoms with Crippen molar-refractivity contribution >= 4 is 27.5 Å². The fourth-order valence-electron chi connectivity index (χ4n) is 3.07. The van der Waals surface area contributed by atoms with Crippen molar-refractivity contribution in [3.05, 3.63) is 64.7 Å². The first-order valence-electron chi connectivity index (χ1n) is 8.59. The van der Waals surface area contributed by atoms with Crippen molar-refractivity contribution in [3.63, 3.8) is 0 Å². The smallest absolute Gasteiger partial charge is 0.251 e. The largest absolute Gasteiger partial charge is 0.348 e. The molecule has 0 spiro atoms. The summed E-state index contributed by atoms with van der Waals surface area (Å²) in [5, 5.41) is 3.38. The lowest BCUT2D eigenvalue weighted by Crippen LogP contribution is -2.32. The van der Waals surface area contributed by atoms with Gasteiger partial charge >= 0.3 is 0 Å². The van der Waals surface area contributed by atoms with Crippen LogP contribution in [0.4, 0.5) is 0 Å². The Kier molecular flexibility index (Phi) is 5.96. The van der Waals surface area contributed by atoms with Gasteiger partial charge in [-0.15, -0.1) is 0 Å². The number of nitrogens with one attached hydrogen (secondary N) is 2. The number of amides is 1. The van der Waals surface area contributed by atoms with Gasteiger partial charge in [0.2, 0.25) is 10.0 Å². The molecule has 0 aromatic heterocycles. The van der Waals surface area contributed by atoms with Crippen LogP contribution in [-0.4, -0.2) is 20.4 Å². The number of carbonyl (C=O) groups is 1. The third kappa shape index (κ3) is 4.84. The Morgan fingerprint density at radius 2 is 1.81 bits per heavy atom. The quantitative estimate of drug-likeness (QED) is 0.790. The molecule has 7 heteroatoms. The standard InChI is InChI=1S/C19H21ClN2O3S/c20-16-7-3-5-14(11-16)13-21-19(23)15-6-4-10-18(12-15)26(24,25)22-17-8-1-2-9-17/h3-7,10-12,17,22H,1-2,8-9,13H2,(H,21,23). The summed E-state index contributed by atoms with van der Waals surface area (Å²) in [6.07, 6.45) is 3.80. The van der Waals surface area contributed by atoms with Crippen LogP contribution < -0.4 is 10.0 Å². The van der Waals surface area contributed by atoms with Crippen molar-refractivity contribution in [2.24, 2.45) is 0 Å². The summed E-state index contributed by atoms with van der Waals surface area (Å²) in [6, 6.07) is 13.3. The Balaban J connectivity index is 1.68. The molecule has 5 nitrogen and oxygen atoms in total. The van der Waals surface area contributed by atoms with Crippen LogP contribution in [0.5, 0.6) is 0 Å². The van der Waals surface area contributed by atoms with Crippen LogP contribution in [0.2, 0.25) is 5.02 Å². The van der Waals surface area contributed by atoms with Gasteiger partial charge in [0, 0.05) is 23.2 Å². The fraction of sp³-hybridized carbons (Fsp3) is 0.316. The van der Waals surface area contributed by atoms with E-state index in [2.05, 4.69) is 10.0 Å². The molecule has 1 saturated carbocycles. The lowest BCUT2D eigenvalue weighted by Gasteiger charge is -2.13. The van der Waals surface area contributed by atoms with Crippen LogP contribution in [0.15, 0.2) is 53.4 Å². The van der Waals surface area contributed by atoms with Crippen LogP contribution in [0.25, 0.3) is 0 Å². The van der Waals surface area contributed by atoms with E-state index in [-0.39, 0.29) is 16.8 Å². The van der Waals surface area contributed by atoms with Crippen LogP contribution in [0.3, 0.4) is 0 Å². The number of hydrogen-bond acceptors (Lipinski definition) is 3. The van der Waals surface area contributed by atoms with E-state index in [9.17, 15) is 13.2 Å². The van der Waals surface area contributed by atoms with Gasteiger partial charge < -0.3 is 5.32 Å². The number of hydrogen-bond donors (Lipinski definition) is 2. The number of carbonyl (C=O) groups excluding carboxylic acids is 1. The summed E-state index contributed by atoms with van der Waals surface area (Å²) >= 11 is 5.93. The molecule has 0 aliphatic heterocycles. The van der Waals surface area contributed by atoms with Gasteiger partial charge in [0.1, 0.15) is 0 Å². The molecule has 3 rings (SSSR count). The molecule has 0 heterocycles. The van der Waals surface area contributed by atoms with E-state index < -0.39 is 10.0 Å². The second kappa shape index (κ2) is 8.20. The third-order valence-corrected chi connectivity index (χ3v) is 6.18. The van der Waals surface area contributed by atoms with E-state index >= 15 is 0 Å². The van der Waals surface area contributed by atoms with E-state index in [4.69, 9.17) is 11.6 Å². The van der Waals surface area contributed by atoms with Crippen molar-refractivity contribution < 1.29 is 13.2 Å². The fourth-order valence-corrected chi connectivity index (χ4v) is 4.63. The van der Waals surface area contributed by atoms with Crippen LogP contribution in [0.1, 0.15) is 41.6 Å². The summed E-state index contributed by atoms with van der Waals surface area (Å²) in [5.41, 5.74) is 1.18. The molecular weight excluding hydrogens is 372 g/mol. The zero-order valence-corrected chi connectivity index (χ0v) is 15.8. The molecule has 0 radical (unpaired) electrons. The summed E-state index contributed by atoms with van der Waals surface area (Å²) < 4.78 is 27.8. The number of halogens is 1. The third-order valence-electron chi connectivity index (χ3n) is 4.43. The molecule has 26 heavy (non-hydrogen) atoms. The van der Waals surface area contributed by atoms with Crippen molar-refractivity contribution in [2.75, 3.05) is 0 Å². The second-order valence-electron chi connectivity index (χ2n) is 6.44. The summed E-state index contributed by atoms with van der Waals surface area (Å²) in [4.78, 5) is 12.5. The molecule has 0 unspecified atom stereocenters. The molecule has 138 valence electrons. The monoisotopic (exact) mass is 392 g/mol. The molecule has 0 bridgehead atoms. The minimum atomic E-state index is -3.62. The summed E-state index contributed by atoms with van der Waals surface area (Å²) in [6.45, 7) is 0.316. The maximum absolute atomic E-state index is 12.5. The highest BCUT2D eigenvalue weighted by atomic mass is 35.5. The number of rotatable bonds is 6. The number of benzene rings is 2. The lowest BCUT2D eigenvalue weighted by atomic mass is 10.2. The normalized spacial score (nSPS) is 15.1. The van der Waals surface area contributed by atoms with Crippen LogP contribution >= 0.6 is 11.6 Å². The Morgan fingerprint density at radius 1 is 1.08 bits per heavy atom. The SMILES string of the molecule is O=C(NCc1cccc(Cl)c1)c1cccc(S(=O)(=O)NC2CCCC2)c1. The van der Waals surface area contributed by atoms with Crippen molar-refractivity contribution in [3.8, 4) is 0 Å². The molecule has 1 aliphatic rings. The highest BCUT2D eigenvalue weighted by Gasteiger charge is 2.23. The Hall–Kier alpha value is -1.89. The van der Waals surface area contributed by atoms with E-state index in [1.54, 1.807) is 24.3 Å². The van der Waals surface area contributed by atoms with E-state index in [1.165, 1.54) is 12.1 Å². The first-order chi connectivity index (χ1) is 12.4. The predicted octanol–water partition coefficient (Wildman–Crippen LogP) is 3.49. The zero-order valence-electron chi connectivity index (χ0n) is 14.2. The zero-order chi connectivity index (χ0) is 18.6. The maximum Gasteiger partial charge on any atom is 0.251 e. The molecule has 2 aromatic rings. The van der Waals surface area contributed by atoms with Gasteiger partial charge in [-0.3, -0.25) is 4.79 Å². The lowest BCUT2D eigenvalue weighted by molar-refractivity contribution is 0.0950. The molecule has 2 N–H and O–H groups in total. The highest BCUT2D eigenvalue weighted by molar-refractivity contribution is 7.89. The Morgan fingerprint density at radius 3 is 2.54 bits per heavy atom.